The zero-order chi connectivity index (χ0) is 16.5. The molecule has 1 aliphatic heterocycles. The molecular weight excluding hydrogens is 328 g/mol. The Labute approximate surface area is 141 Å². The second-order valence-electron chi connectivity index (χ2n) is 5.33. The van der Waals surface area contributed by atoms with Crippen molar-refractivity contribution in [2.45, 2.75) is 6.10 Å². The second kappa shape index (κ2) is 6.04. The van der Waals surface area contributed by atoms with E-state index in [4.69, 9.17) is 9.47 Å². The van der Waals surface area contributed by atoms with E-state index < -0.39 is 5.97 Å². The molecule has 24 heavy (non-hydrogen) atoms. The molecule has 0 saturated carbocycles. The van der Waals surface area contributed by atoms with Crippen molar-refractivity contribution in [3.05, 3.63) is 42.5 Å². The number of carbonyl (C=O) groups excluding carboxylic acids is 1. The van der Waals surface area contributed by atoms with E-state index in [0.717, 1.165) is 21.1 Å². The molecule has 1 aliphatic rings. The van der Waals surface area contributed by atoms with E-state index in [9.17, 15) is 4.79 Å². The summed E-state index contributed by atoms with van der Waals surface area (Å²) in [6.45, 7) is 1.24. The van der Waals surface area contributed by atoms with Gasteiger partial charge in [0.1, 0.15) is 17.4 Å². The van der Waals surface area contributed by atoms with E-state index in [1.807, 2.05) is 18.2 Å². The minimum atomic E-state index is -0.446. The highest BCUT2D eigenvalue weighted by Gasteiger charge is 2.32. The Kier molecular flexibility index (Phi) is 3.73. The lowest BCUT2D eigenvalue weighted by atomic mass is 10.2. The summed E-state index contributed by atoms with van der Waals surface area (Å²) < 4.78 is 11.8. The van der Waals surface area contributed by atoms with Gasteiger partial charge in [0.05, 0.1) is 31.1 Å². The van der Waals surface area contributed by atoms with E-state index in [1.165, 1.54) is 18.6 Å². The van der Waals surface area contributed by atoms with Crippen LogP contribution in [0.4, 0.5) is 5.13 Å². The average molecular weight is 342 g/mol. The molecule has 4 rings (SSSR count). The zero-order valence-corrected chi connectivity index (χ0v) is 13.7. The van der Waals surface area contributed by atoms with Crippen molar-refractivity contribution >= 4 is 32.7 Å². The van der Waals surface area contributed by atoms with Gasteiger partial charge in [-0.05, 0) is 12.1 Å². The van der Waals surface area contributed by atoms with Gasteiger partial charge in [0.2, 0.25) is 0 Å². The molecule has 3 aromatic rings. The maximum Gasteiger partial charge on any atom is 0.358 e. The topological polar surface area (TPSA) is 77.4 Å². The third-order valence-corrected chi connectivity index (χ3v) is 4.84. The Hall–Kier alpha value is -2.74. The number of ether oxygens (including phenoxy) is 2. The van der Waals surface area contributed by atoms with E-state index in [-0.39, 0.29) is 11.8 Å². The first-order valence-corrected chi connectivity index (χ1v) is 8.22. The molecule has 8 heteroatoms. The number of hydrogen-bond donors (Lipinski definition) is 0. The number of aromatic nitrogens is 3. The minimum Gasteiger partial charge on any atom is -0.494 e. The molecule has 3 heterocycles. The second-order valence-corrected chi connectivity index (χ2v) is 6.34. The summed E-state index contributed by atoms with van der Waals surface area (Å²) >= 11 is 1.60. The number of anilines is 1. The molecule has 1 aromatic carbocycles. The van der Waals surface area contributed by atoms with Crippen molar-refractivity contribution in [3.63, 3.8) is 0 Å². The van der Waals surface area contributed by atoms with Gasteiger partial charge in [0, 0.05) is 12.4 Å². The van der Waals surface area contributed by atoms with Crippen LogP contribution in [0.1, 0.15) is 10.5 Å². The van der Waals surface area contributed by atoms with Crippen molar-refractivity contribution in [1.29, 1.82) is 0 Å². The van der Waals surface area contributed by atoms with Gasteiger partial charge in [-0.15, -0.1) is 0 Å². The lowest BCUT2D eigenvalue weighted by Gasteiger charge is -2.37. The van der Waals surface area contributed by atoms with Crippen LogP contribution < -0.4 is 9.64 Å². The summed E-state index contributed by atoms with van der Waals surface area (Å²) in [5, 5.41) is 0.904. The van der Waals surface area contributed by atoms with Crippen LogP contribution in [0.25, 0.3) is 10.2 Å². The van der Waals surface area contributed by atoms with Crippen LogP contribution in [0.5, 0.6) is 5.75 Å². The van der Waals surface area contributed by atoms with Gasteiger partial charge in [-0.3, -0.25) is 4.98 Å². The molecule has 2 aromatic heterocycles. The van der Waals surface area contributed by atoms with Crippen molar-refractivity contribution in [2.24, 2.45) is 0 Å². The van der Waals surface area contributed by atoms with Gasteiger partial charge < -0.3 is 14.4 Å². The molecule has 0 unspecified atom stereocenters. The molecule has 0 amide bonds. The predicted octanol–water partition coefficient (Wildman–Crippen LogP) is 2.14. The molecule has 0 spiro atoms. The first kappa shape index (κ1) is 14.8. The van der Waals surface area contributed by atoms with E-state index in [2.05, 4.69) is 19.9 Å². The number of benzene rings is 1. The van der Waals surface area contributed by atoms with E-state index >= 15 is 0 Å². The quantitative estimate of drug-likeness (QED) is 0.672. The molecule has 0 aliphatic carbocycles. The summed E-state index contributed by atoms with van der Waals surface area (Å²) in [6, 6.07) is 5.86. The Balaban J connectivity index is 1.42. The van der Waals surface area contributed by atoms with Crippen LogP contribution in [0.2, 0.25) is 0 Å². The molecule has 1 fully saturated rings. The monoisotopic (exact) mass is 342 g/mol. The number of carbonyl (C=O) groups is 1. The molecule has 0 atom stereocenters. The first-order chi connectivity index (χ1) is 11.7. The van der Waals surface area contributed by atoms with Gasteiger partial charge in [-0.1, -0.05) is 17.4 Å². The number of hydrogen-bond acceptors (Lipinski definition) is 8. The van der Waals surface area contributed by atoms with Crippen LogP contribution >= 0.6 is 11.3 Å². The highest BCUT2D eigenvalue weighted by Crippen LogP contribution is 2.35. The van der Waals surface area contributed by atoms with Crippen molar-refractivity contribution in [3.8, 4) is 5.75 Å². The van der Waals surface area contributed by atoms with Gasteiger partial charge in [0.25, 0.3) is 0 Å². The Morgan fingerprint density at radius 2 is 2.21 bits per heavy atom. The van der Waals surface area contributed by atoms with Crippen molar-refractivity contribution < 1.29 is 14.3 Å². The van der Waals surface area contributed by atoms with Crippen LogP contribution in [-0.2, 0) is 4.74 Å². The highest BCUT2D eigenvalue weighted by atomic mass is 32.1. The fraction of sp³-hybridized carbons (Fsp3) is 0.250. The number of rotatable bonds is 4. The van der Waals surface area contributed by atoms with Crippen molar-refractivity contribution in [2.75, 3.05) is 25.1 Å². The Morgan fingerprint density at radius 1 is 1.33 bits per heavy atom. The minimum absolute atomic E-state index is 0.159. The number of para-hydroxylation sites is 1. The smallest absolute Gasteiger partial charge is 0.358 e. The Morgan fingerprint density at radius 3 is 2.96 bits per heavy atom. The van der Waals surface area contributed by atoms with Crippen LogP contribution in [0.15, 0.2) is 36.8 Å². The van der Waals surface area contributed by atoms with Crippen molar-refractivity contribution in [1.82, 2.24) is 15.0 Å². The number of nitrogens with zero attached hydrogens (tertiary/aromatic N) is 4. The standard InChI is InChI=1S/C16H14N4O3S/c1-22-12-3-2-4-13-14(12)19-16(24-13)20-8-10(9-20)23-15(21)11-7-17-5-6-18-11/h2-7,10H,8-9H2,1H3. The third-order valence-electron chi connectivity index (χ3n) is 3.76. The van der Waals surface area contributed by atoms with Gasteiger partial charge in [-0.2, -0.15) is 0 Å². The highest BCUT2D eigenvalue weighted by molar-refractivity contribution is 7.22. The Bertz CT molecular complexity index is 877. The number of thiazole rings is 1. The summed E-state index contributed by atoms with van der Waals surface area (Å²) in [5.74, 6) is 0.319. The fourth-order valence-corrected chi connectivity index (χ4v) is 3.50. The van der Waals surface area contributed by atoms with Gasteiger partial charge in [0.15, 0.2) is 10.8 Å². The summed E-state index contributed by atoms with van der Waals surface area (Å²) in [6.07, 6.45) is 4.23. The zero-order valence-electron chi connectivity index (χ0n) is 12.9. The van der Waals surface area contributed by atoms with Crippen LogP contribution in [0, 0.1) is 0 Å². The maximum absolute atomic E-state index is 11.9. The number of fused-ring (bicyclic) bond motifs is 1. The first-order valence-electron chi connectivity index (χ1n) is 7.40. The average Bonchev–Trinajstić information content (AvgIpc) is 3.01. The fourth-order valence-electron chi connectivity index (χ4n) is 2.50. The molecule has 1 saturated heterocycles. The molecule has 0 N–H and O–H groups in total. The molecule has 122 valence electrons. The SMILES string of the molecule is COc1cccc2sc(N3CC(OC(=O)c4cnccn4)C3)nc12. The van der Waals surface area contributed by atoms with E-state index in [1.54, 1.807) is 18.4 Å². The summed E-state index contributed by atoms with van der Waals surface area (Å²) in [4.78, 5) is 26.5. The predicted molar refractivity (Wildman–Crippen MR) is 89.6 cm³/mol. The summed E-state index contributed by atoms with van der Waals surface area (Å²) in [5.41, 5.74) is 1.08. The molecular formula is C16H14N4O3S. The molecule has 7 nitrogen and oxygen atoms in total. The largest absolute Gasteiger partial charge is 0.494 e. The normalized spacial score (nSPS) is 14.5. The molecule has 0 radical (unpaired) electrons. The lowest BCUT2D eigenvalue weighted by molar-refractivity contribution is 0.0227. The lowest BCUT2D eigenvalue weighted by Crippen LogP contribution is -2.53. The van der Waals surface area contributed by atoms with Crippen LogP contribution in [0.3, 0.4) is 0 Å². The van der Waals surface area contributed by atoms with Gasteiger partial charge >= 0.3 is 5.97 Å². The molecule has 0 bridgehead atoms. The third kappa shape index (κ3) is 2.65. The number of methoxy groups -OCH3 is 1. The summed E-state index contributed by atoms with van der Waals surface area (Å²) in [7, 11) is 1.64. The van der Waals surface area contributed by atoms with E-state index in [0.29, 0.717) is 13.1 Å². The number of esters is 1. The van der Waals surface area contributed by atoms with Crippen LogP contribution in [-0.4, -0.2) is 47.2 Å². The maximum atomic E-state index is 11.9. The van der Waals surface area contributed by atoms with Gasteiger partial charge in [-0.25, -0.2) is 14.8 Å².